The second-order valence-electron chi connectivity index (χ2n) is 4.15. The third-order valence-electron chi connectivity index (χ3n) is 2.63. The van der Waals surface area contributed by atoms with Gasteiger partial charge < -0.3 is 10.4 Å². The van der Waals surface area contributed by atoms with Crippen molar-refractivity contribution in [2.24, 2.45) is 0 Å². The van der Waals surface area contributed by atoms with E-state index in [4.69, 9.17) is 5.11 Å². The second kappa shape index (κ2) is 6.65. The van der Waals surface area contributed by atoms with Crippen molar-refractivity contribution in [1.82, 2.24) is 20.3 Å². The van der Waals surface area contributed by atoms with Gasteiger partial charge in [-0.25, -0.2) is 4.68 Å². The van der Waals surface area contributed by atoms with Gasteiger partial charge in [0.2, 0.25) is 5.91 Å². The maximum absolute atomic E-state index is 11.6. The van der Waals surface area contributed by atoms with E-state index in [1.807, 2.05) is 30.3 Å². The second-order valence-corrected chi connectivity index (χ2v) is 4.15. The lowest BCUT2D eigenvalue weighted by Crippen LogP contribution is -2.29. The highest BCUT2D eigenvalue weighted by Crippen LogP contribution is 1.98. The Bertz CT molecular complexity index is 524. The van der Waals surface area contributed by atoms with Crippen molar-refractivity contribution in [3.05, 3.63) is 47.8 Å². The van der Waals surface area contributed by atoms with Crippen LogP contribution < -0.4 is 5.32 Å². The fourth-order valence-electron chi connectivity index (χ4n) is 1.68. The number of hydrogen-bond acceptors (Lipinski definition) is 4. The highest BCUT2D eigenvalue weighted by atomic mass is 16.3. The maximum Gasteiger partial charge on any atom is 0.241 e. The SMILES string of the molecule is O=C(Cn1cc(CO)nn1)NCCc1ccccc1. The lowest BCUT2D eigenvalue weighted by molar-refractivity contribution is -0.121. The van der Waals surface area contributed by atoms with Gasteiger partial charge in [0.25, 0.3) is 0 Å². The quantitative estimate of drug-likeness (QED) is 0.773. The van der Waals surface area contributed by atoms with Gasteiger partial charge >= 0.3 is 0 Å². The minimum absolute atomic E-state index is 0.113. The predicted octanol–water partition coefficient (Wildman–Crippen LogP) is 0.129. The molecule has 0 unspecified atom stereocenters. The Morgan fingerprint density at radius 2 is 2.11 bits per heavy atom. The zero-order valence-corrected chi connectivity index (χ0v) is 10.5. The summed E-state index contributed by atoms with van der Waals surface area (Å²) in [6, 6.07) is 9.96. The van der Waals surface area contributed by atoms with E-state index in [-0.39, 0.29) is 19.1 Å². The monoisotopic (exact) mass is 260 g/mol. The Morgan fingerprint density at radius 1 is 1.32 bits per heavy atom. The number of nitrogens with one attached hydrogen (secondary N) is 1. The first-order valence-corrected chi connectivity index (χ1v) is 6.08. The first-order valence-electron chi connectivity index (χ1n) is 6.08. The van der Waals surface area contributed by atoms with Crippen LogP contribution in [-0.2, 0) is 24.4 Å². The number of hydrogen-bond donors (Lipinski definition) is 2. The van der Waals surface area contributed by atoms with E-state index in [0.717, 1.165) is 6.42 Å². The van der Waals surface area contributed by atoms with Crippen LogP contribution in [-0.4, -0.2) is 32.6 Å². The maximum atomic E-state index is 11.6. The highest BCUT2D eigenvalue weighted by Gasteiger charge is 2.05. The van der Waals surface area contributed by atoms with Gasteiger partial charge in [0.1, 0.15) is 12.2 Å². The van der Waals surface area contributed by atoms with E-state index >= 15 is 0 Å². The van der Waals surface area contributed by atoms with Gasteiger partial charge in [-0.1, -0.05) is 35.5 Å². The fraction of sp³-hybridized carbons (Fsp3) is 0.308. The molecule has 0 bridgehead atoms. The summed E-state index contributed by atoms with van der Waals surface area (Å²) >= 11 is 0. The number of amides is 1. The molecule has 0 radical (unpaired) electrons. The Labute approximate surface area is 111 Å². The Hall–Kier alpha value is -2.21. The van der Waals surface area contributed by atoms with Crippen LogP contribution in [0.4, 0.5) is 0 Å². The van der Waals surface area contributed by atoms with Crippen molar-refractivity contribution in [2.75, 3.05) is 6.54 Å². The van der Waals surface area contributed by atoms with E-state index in [1.165, 1.54) is 10.2 Å². The van der Waals surface area contributed by atoms with Crippen LogP contribution in [0.25, 0.3) is 0 Å². The van der Waals surface area contributed by atoms with E-state index in [2.05, 4.69) is 15.6 Å². The van der Waals surface area contributed by atoms with Crippen molar-refractivity contribution < 1.29 is 9.90 Å². The summed E-state index contributed by atoms with van der Waals surface area (Å²) in [7, 11) is 0. The van der Waals surface area contributed by atoms with Crippen LogP contribution in [0.2, 0.25) is 0 Å². The average molecular weight is 260 g/mol. The number of aromatic nitrogens is 3. The molecule has 19 heavy (non-hydrogen) atoms. The molecule has 1 aromatic carbocycles. The predicted molar refractivity (Wildman–Crippen MR) is 69.1 cm³/mol. The molecule has 2 N–H and O–H groups in total. The Morgan fingerprint density at radius 3 is 2.79 bits per heavy atom. The zero-order valence-electron chi connectivity index (χ0n) is 10.5. The lowest BCUT2D eigenvalue weighted by Gasteiger charge is -2.05. The minimum atomic E-state index is -0.171. The molecule has 0 spiro atoms. The van der Waals surface area contributed by atoms with Crippen LogP contribution >= 0.6 is 0 Å². The van der Waals surface area contributed by atoms with Crippen molar-refractivity contribution >= 4 is 5.91 Å². The molecule has 1 heterocycles. The molecule has 0 aliphatic rings. The molecule has 0 aliphatic carbocycles. The summed E-state index contributed by atoms with van der Waals surface area (Å²) in [5.74, 6) is -0.120. The summed E-state index contributed by atoms with van der Waals surface area (Å²) < 4.78 is 1.41. The summed E-state index contributed by atoms with van der Waals surface area (Å²) in [6.45, 7) is 0.530. The van der Waals surface area contributed by atoms with Crippen LogP contribution in [0.15, 0.2) is 36.5 Å². The normalized spacial score (nSPS) is 10.4. The topological polar surface area (TPSA) is 80.0 Å². The van der Waals surface area contributed by atoms with E-state index in [1.54, 1.807) is 6.20 Å². The van der Waals surface area contributed by atoms with Crippen LogP contribution in [0.1, 0.15) is 11.3 Å². The van der Waals surface area contributed by atoms with E-state index < -0.39 is 0 Å². The van der Waals surface area contributed by atoms with Crippen molar-refractivity contribution in [3.8, 4) is 0 Å². The molecule has 0 atom stereocenters. The molecule has 1 amide bonds. The van der Waals surface area contributed by atoms with Gasteiger partial charge in [0.05, 0.1) is 12.8 Å². The first-order chi connectivity index (χ1) is 9.28. The number of benzene rings is 1. The van der Waals surface area contributed by atoms with Crippen molar-refractivity contribution in [2.45, 2.75) is 19.6 Å². The van der Waals surface area contributed by atoms with Crippen LogP contribution in [0.3, 0.4) is 0 Å². The van der Waals surface area contributed by atoms with E-state index in [9.17, 15) is 4.79 Å². The fourth-order valence-corrected chi connectivity index (χ4v) is 1.68. The molecular formula is C13H16N4O2. The number of nitrogens with zero attached hydrogens (tertiary/aromatic N) is 3. The minimum Gasteiger partial charge on any atom is -0.390 e. The summed E-state index contributed by atoms with van der Waals surface area (Å²) in [4.78, 5) is 11.6. The molecule has 100 valence electrons. The number of carbonyl (C=O) groups is 1. The van der Waals surface area contributed by atoms with Gasteiger partial charge in [-0.05, 0) is 12.0 Å². The molecule has 0 aliphatic heterocycles. The Kier molecular flexibility index (Phi) is 4.63. The van der Waals surface area contributed by atoms with Crippen LogP contribution in [0.5, 0.6) is 0 Å². The lowest BCUT2D eigenvalue weighted by atomic mass is 10.1. The molecule has 2 rings (SSSR count). The summed E-state index contributed by atoms with van der Waals surface area (Å²) in [5, 5.41) is 19.1. The summed E-state index contributed by atoms with van der Waals surface area (Å²) in [6.07, 6.45) is 2.35. The zero-order chi connectivity index (χ0) is 13.5. The molecule has 0 fully saturated rings. The van der Waals surface area contributed by atoms with Gasteiger partial charge in [-0.3, -0.25) is 4.79 Å². The summed E-state index contributed by atoms with van der Waals surface area (Å²) in [5.41, 5.74) is 1.64. The standard InChI is InChI=1S/C13H16N4O2/c18-10-12-8-17(16-15-12)9-13(19)14-7-6-11-4-2-1-3-5-11/h1-5,8,18H,6-7,9-10H2,(H,14,19). The molecule has 0 saturated carbocycles. The molecule has 0 saturated heterocycles. The molecule has 6 nitrogen and oxygen atoms in total. The number of rotatable bonds is 6. The first kappa shape index (κ1) is 13.2. The Balaban J connectivity index is 1.73. The average Bonchev–Trinajstić information content (AvgIpc) is 2.87. The van der Waals surface area contributed by atoms with Gasteiger partial charge in [0.15, 0.2) is 0 Å². The smallest absolute Gasteiger partial charge is 0.241 e. The number of aliphatic hydroxyl groups excluding tert-OH is 1. The van der Waals surface area contributed by atoms with E-state index in [0.29, 0.717) is 12.2 Å². The van der Waals surface area contributed by atoms with Gasteiger partial charge in [0, 0.05) is 6.54 Å². The van der Waals surface area contributed by atoms with Gasteiger partial charge in [-0.2, -0.15) is 0 Å². The molecular weight excluding hydrogens is 244 g/mol. The molecule has 6 heteroatoms. The largest absolute Gasteiger partial charge is 0.390 e. The third-order valence-corrected chi connectivity index (χ3v) is 2.63. The molecule has 2 aromatic rings. The van der Waals surface area contributed by atoms with Crippen molar-refractivity contribution in [1.29, 1.82) is 0 Å². The van der Waals surface area contributed by atoms with Crippen LogP contribution in [0, 0.1) is 0 Å². The molecule has 1 aromatic heterocycles. The third kappa shape index (κ3) is 4.18. The highest BCUT2D eigenvalue weighted by molar-refractivity contribution is 5.75. The van der Waals surface area contributed by atoms with Crippen molar-refractivity contribution in [3.63, 3.8) is 0 Å². The van der Waals surface area contributed by atoms with Gasteiger partial charge in [-0.15, -0.1) is 5.10 Å². The number of aliphatic hydroxyl groups is 1. The number of carbonyl (C=O) groups excluding carboxylic acids is 1.